The van der Waals surface area contributed by atoms with Crippen LogP contribution in [0.5, 0.6) is 0 Å². The first-order valence-electron chi connectivity index (χ1n) is 9.38. The van der Waals surface area contributed by atoms with Crippen molar-refractivity contribution in [2.24, 2.45) is 0 Å². The van der Waals surface area contributed by atoms with Gasteiger partial charge in [-0.05, 0) is 56.4 Å². The lowest BCUT2D eigenvalue weighted by Crippen LogP contribution is -2.35. The molecule has 1 atom stereocenters. The van der Waals surface area contributed by atoms with Crippen LogP contribution in [0, 0.1) is 13.8 Å². The average molecular weight is 362 g/mol. The van der Waals surface area contributed by atoms with E-state index < -0.39 is 0 Å². The lowest BCUT2D eigenvalue weighted by atomic mass is 10.1. The average Bonchev–Trinajstić information content (AvgIpc) is 2.62. The molecule has 3 rings (SSSR count). The van der Waals surface area contributed by atoms with E-state index in [1.807, 2.05) is 55.7 Å². The number of aromatic nitrogens is 1. The molecule has 0 radical (unpaired) electrons. The fourth-order valence-corrected chi connectivity index (χ4v) is 3.53. The number of fused-ring (bicyclic) bond motifs is 1. The Morgan fingerprint density at radius 1 is 1.11 bits per heavy atom. The Balaban J connectivity index is 1.69. The van der Waals surface area contributed by atoms with E-state index in [1.54, 1.807) is 6.20 Å². The van der Waals surface area contributed by atoms with Gasteiger partial charge >= 0.3 is 0 Å². The van der Waals surface area contributed by atoms with Crippen molar-refractivity contribution in [3.05, 3.63) is 81.6 Å². The van der Waals surface area contributed by atoms with Gasteiger partial charge in [0.25, 0.3) is 0 Å². The smallest absolute Gasteiger partial charge is 0.240 e. The van der Waals surface area contributed by atoms with Crippen molar-refractivity contribution in [1.82, 2.24) is 9.88 Å². The Labute approximate surface area is 159 Å². The maximum atomic E-state index is 12.5. The van der Waals surface area contributed by atoms with Crippen molar-refractivity contribution < 1.29 is 4.79 Å². The SMILES string of the molecule is Cc1cc(C)c2c(=O)ccn(CC(=O)N[C@@H](C)CCc3ccccc3)c2c1. The minimum absolute atomic E-state index is 0.00427. The summed E-state index contributed by atoms with van der Waals surface area (Å²) in [4.78, 5) is 24.8. The molecule has 0 bridgehead atoms. The largest absolute Gasteiger partial charge is 0.352 e. The third-order valence-electron chi connectivity index (χ3n) is 4.85. The molecule has 1 aromatic heterocycles. The second kappa shape index (κ2) is 8.21. The molecule has 0 spiro atoms. The predicted octanol–water partition coefficient (Wildman–Crippen LogP) is 3.76. The number of carbonyl (C=O) groups excluding carboxylic acids is 1. The molecule has 0 aliphatic heterocycles. The summed E-state index contributed by atoms with van der Waals surface area (Å²) in [5.74, 6) is -0.0420. The molecule has 0 unspecified atom stereocenters. The molecule has 0 aliphatic carbocycles. The number of nitrogens with one attached hydrogen (secondary N) is 1. The highest BCUT2D eigenvalue weighted by Gasteiger charge is 2.12. The molecule has 1 N–H and O–H groups in total. The van der Waals surface area contributed by atoms with Gasteiger partial charge in [-0.3, -0.25) is 9.59 Å². The zero-order valence-corrected chi connectivity index (χ0v) is 16.2. The number of hydrogen-bond donors (Lipinski definition) is 1. The molecule has 1 amide bonds. The van der Waals surface area contributed by atoms with E-state index in [0.717, 1.165) is 29.5 Å². The van der Waals surface area contributed by atoms with Crippen LogP contribution in [-0.2, 0) is 17.8 Å². The Kier molecular flexibility index (Phi) is 5.75. The molecular weight excluding hydrogens is 336 g/mol. The van der Waals surface area contributed by atoms with Crippen LogP contribution in [0.4, 0.5) is 0 Å². The van der Waals surface area contributed by atoms with Gasteiger partial charge in [-0.15, -0.1) is 0 Å². The van der Waals surface area contributed by atoms with Gasteiger partial charge in [0.05, 0.1) is 5.52 Å². The summed E-state index contributed by atoms with van der Waals surface area (Å²) >= 11 is 0. The quantitative estimate of drug-likeness (QED) is 0.726. The Morgan fingerprint density at radius 2 is 1.85 bits per heavy atom. The van der Waals surface area contributed by atoms with Gasteiger partial charge in [-0.1, -0.05) is 36.4 Å². The topological polar surface area (TPSA) is 51.1 Å². The summed E-state index contributed by atoms with van der Waals surface area (Å²) < 4.78 is 1.86. The fraction of sp³-hybridized carbons (Fsp3) is 0.304. The highest BCUT2D eigenvalue weighted by Crippen LogP contribution is 2.17. The second-order valence-electron chi connectivity index (χ2n) is 7.28. The number of hydrogen-bond acceptors (Lipinski definition) is 2. The predicted molar refractivity (Wildman–Crippen MR) is 110 cm³/mol. The first-order valence-corrected chi connectivity index (χ1v) is 9.38. The molecule has 4 nitrogen and oxygen atoms in total. The highest BCUT2D eigenvalue weighted by molar-refractivity contribution is 5.85. The normalized spacial score (nSPS) is 12.1. The molecule has 27 heavy (non-hydrogen) atoms. The van der Waals surface area contributed by atoms with Crippen LogP contribution in [0.1, 0.15) is 30.0 Å². The van der Waals surface area contributed by atoms with Gasteiger partial charge in [0.15, 0.2) is 5.43 Å². The number of aryl methyl sites for hydroxylation is 3. The van der Waals surface area contributed by atoms with E-state index >= 15 is 0 Å². The number of benzene rings is 2. The first-order chi connectivity index (χ1) is 12.9. The minimum Gasteiger partial charge on any atom is -0.352 e. The summed E-state index contributed by atoms with van der Waals surface area (Å²) in [5.41, 5.74) is 4.11. The van der Waals surface area contributed by atoms with Gasteiger partial charge in [-0.25, -0.2) is 0 Å². The third kappa shape index (κ3) is 4.64. The maximum Gasteiger partial charge on any atom is 0.240 e. The van der Waals surface area contributed by atoms with Crippen molar-refractivity contribution >= 4 is 16.8 Å². The Morgan fingerprint density at radius 3 is 2.59 bits per heavy atom. The Bertz CT molecular complexity index is 1010. The van der Waals surface area contributed by atoms with E-state index in [4.69, 9.17) is 0 Å². The maximum absolute atomic E-state index is 12.5. The van der Waals surface area contributed by atoms with Gasteiger partial charge < -0.3 is 9.88 Å². The number of amides is 1. The molecule has 1 heterocycles. The van der Waals surface area contributed by atoms with Crippen LogP contribution in [-0.4, -0.2) is 16.5 Å². The number of carbonyl (C=O) groups is 1. The number of nitrogens with zero attached hydrogens (tertiary/aromatic N) is 1. The van der Waals surface area contributed by atoms with Crippen LogP contribution in [0.2, 0.25) is 0 Å². The van der Waals surface area contributed by atoms with Crippen molar-refractivity contribution in [3.63, 3.8) is 0 Å². The van der Waals surface area contributed by atoms with Crippen molar-refractivity contribution in [2.45, 2.75) is 46.2 Å². The van der Waals surface area contributed by atoms with Crippen LogP contribution >= 0.6 is 0 Å². The molecule has 0 saturated carbocycles. The van der Waals surface area contributed by atoms with E-state index in [9.17, 15) is 9.59 Å². The molecule has 4 heteroatoms. The van der Waals surface area contributed by atoms with Crippen LogP contribution in [0.3, 0.4) is 0 Å². The van der Waals surface area contributed by atoms with E-state index in [1.165, 1.54) is 11.6 Å². The molecule has 3 aromatic rings. The number of pyridine rings is 1. The van der Waals surface area contributed by atoms with E-state index in [0.29, 0.717) is 5.39 Å². The van der Waals surface area contributed by atoms with Gasteiger partial charge in [0.2, 0.25) is 5.91 Å². The summed E-state index contributed by atoms with van der Waals surface area (Å²) in [7, 11) is 0. The van der Waals surface area contributed by atoms with Crippen LogP contribution in [0.25, 0.3) is 10.9 Å². The zero-order valence-electron chi connectivity index (χ0n) is 16.2. The molecule has 0 aliphatic rings. The molecule has 2 aromatic carbocycles. The lowest BCUT2D eigenvalue weighted by molar-refractivity contribution is -0.122. The van der Waals surface area contributed by atoms with Crippen LogP contribution in [0.15, 0.2) is 59.5 Å². The molecular formula is C23H26N2O2. The Hall–Kier alpha value is -2.88. The summed E-state index contributed by atoms with van der Waals surface area (Å²) in [6.07, 6.45) is 3.53. The van der Waals surface area contributed by atoms with Crippen molar-refractivity contribution in [2.75, 3.05) is 0 Å². The van der Waals surface area contributed by atoms with Gasteiger partial charge in [-0.2, -0.15) is 0 Å². The molecule has 140 valence electrons. The zero-order chi connectivity index (χ0) is 19.4. The fourth-order valence-electron chi connectivity index (χ4n) is 3.53. The molecule has 0 fully saturated rings. The van der Waals surface area contributed by atoms with E-state index in [2.05, 4.69) is 17.4 Å². The molecule has 0 saturated heterocycles. The van der Waals surface area contributed by atoms with Crippen molar-refractivity contribution in [3.8, 4) is 0 Å². The summed E-state index contributed by atoms with van der Waals surface area (Å²) in [6, 6.07) is 15.9. The monoisotopic (exact) mass is 362 g/mol. The van der Waals surface area contributed by atoms with Gasteiger partial charge in [0, 0.05) is 23.7 Å². The lowest BCUT2D eigenvalue weighted by Gasteiger charge is -2.16. The number of rotatable bonds is 6. The highest BCUT2D eigenvalue weighted by atomic mass is 16.2. The van der Waals surface area contributed by atoms with Crippen LogP contribution < -0.4 is 10.7 Å². The standard InChI is InChI=1S/C23H26N2O2/c1-16-13-17(2)23-20(14-16)25(12-11-21(23)26)15-22(27)24-18(3)9-10-19-7-5-4-6-8-19/h4-8,11-14,18H,9-10,15H2,1-3H3,(H,24,27)/t18-/m0/s1. The first kappa shape index (κ1) is 18.9. The third-order valence-corrected chi connectivity index (χ3v) is 4.85. The van der Waals surface area contributed by atoms with E-state index in [-0.39, 0.29) is 23.9 Å². The summed E-state index contributed by atoms with van der Waals surface area (Å²) in [5, 5.41) is 3.76. The minimum atomic E-state index is -0.0420. The second-order valence-corrected chi connectivity index (χ2v) is 7.28. The summed E-state index contributed by atoms with van der Waals surface area (Å²) in [6.45, 7) is 6.17. The van der Waals surface area contributed by atoms with Gasteiger partial charge in [0.1, 0.15) is 6.54 Å². The van der Waals surface area contributed by atoms with Crippen molar-refractivity contribution in [1.29, 1.82) is 0 Å².